The molecule has 1 amide bonds. The van der Waals surface area contributed by atoms with E-state index < -0.39 is 15.9 Å². The zero-order valence-corrected chi connectivity index (χ0v) is 18.2. The summed E-state index contributed by atoms with van der Waals surface area (Å²) in [5.41, 5.74) is 3.72. The molecular weight excluding hydrogens is 434 g/mol. The Labute approximate surface area is 186 Å². The Balaban J connectivity index is 1.83. The molecule has 1 aliphatic heterocycles. The van der Waals surface area contributed by atoms with Crippen molar-refractivity contribution >= 4 is 50.3 Å². The third kappa shape index (κ3) is 4.62. The molecule has 1 aliphatic rings. The Morgan fingerprint density at radius 1 is 1.06 bits per heavy atom. The molecule has 8 heteroatoms. The third-order valence-electron chi connectivity index (χ3n) is 4.96. The average molecular weight is 454 g/mol. The first-order valence-corrected chi connectivity index (χ1v) is 11.7. The van der Waals surface area contributed by atoms with Crippen LogP contribution in [-0.4, -0.2) is 25.8 Å². The number of amides is 1. The fraction of sp³-hybridized carbons (Fsp3) is 0.130. The number of fused-ring (bicyclic) bond motifs is 1. The molecule has 158 valence electrons. The molecule has 3 aromatic carbocycles. The molecule has 2 N–H and O–H groups in total. The molecule has 6 nitrogen and oxygen atoms in total. The number of halogens is 1. The number of carbonyl (C=O) groups is 1. The largest absolute Gasteiger partial charge is 0.325 e. The molecule has 4 rings (SSSR count). The predicted molar refractivity (Wildman–Crippen MR) is 125 cm³/mol. The maximum Gasteiger partial charge on any atom is 0.238 e. The minimum atomic E-state index is -3.44. The van der Waals surface area contributed by atoms with Gasteiger partial charge in [-0.2, -0.15) is 0 Å². The molecule has 0 aromatic heterocycles. The lowest BCUT2D eigenvalue weighted by Gasteiger charge is -2.15. The average Bonchev–Trinajstić information content (AvgIpc) is 3.08. The van der Waals surface area contributed by atoms with Crippen molar-refractivity contribution in [1.82, 2.24) is 0 Å². The molecule has 0 fully saturated rings. The van der Waals surface area contributed by atoms with Crippen LogP contribution in [0.25, 0.3) is 0 Å². The highest BCUT2D eigenvalue weighted by Gasteiger charge is 2.35. The van der Waals surface area contributed by atoms with E-state index in [4.69, 9.17) is 16.6 Å². The highest BCUT2D eigenvalue weighted by molar-refractivity contribution is 7.92. The second-order valence-electron chi connectivity index (χ2n) is 7.07. The van der Waals surface area contributed by atoms with Crippen LogP contribution in [0.15, 0.2) is 77.8 Å². The lowest BCUT2D eigenvalue weighted by molar-refractivity contribution is -0.115. The first-order valence-electron chi connectivity index (χ1n) is 9.71. The molecular formula is C23H20ClN3O3S. The van der Waals surface area contributed by atoms with Crippen molar-refractivity contribution in [2.24, 2.45) is 4.99 Å². The number of carbonyl (C=O) groups excluding carboxylic acids is 1. The third-order valence-corrected chi connectivity index (χ3v) is 6.51. The van der Waals surface area contributed by atoms with Crippen molar-refractivity contribution in [3.05, 3.63) is 88.9 Å². The standard InChI is InChI=1S/C23H20ClN3O3S/c1-2-31(29,30)27-18-12-13-20-19(14-18)21(23(28)26-20)22(15-6-4-3-5-7-15)25-17-10-8-16(24)9-11-17/h3-14,21,27H,2H2,1H3,(H,26,28). The van der Waals surface area contributed by atoms with Crippen LogP contribution < -0.4 is 10.0 Å². The monoisotopic (exact) mass is 453 g/mol. The van der Waals surface area contributed by atoms with E-state index >= 15 is 0 Å². The number of hydrogen-bond acceptors (Lipinski definition) is 4. The first-order chi connectivity index (χ1) is 14.9. The molecule has 0 bridgehead atoms. The predicted octanol–water partition coefficient (Wildman–Crippen LogP) is 4.96. The van der Waals surface area contributed by atoms with Gasteiger partial charge in [0.15, 0.2) is 0 Å². The SMILES string of the molecule is CCS(=O)(=O)Nc1ccc2c(c1)C(C(=Nc1ccc(Cl)cc1)c1ccccc1)C(=O)N2. The summed E-state index contributed by atoms with van der Waals surface area (Å²) in [6.07, 6.45) is 0. The molecule has 0 radical (unpaired) electrons. The number of sulfonamides is 1. The van der Waals surface area contributed by atoms with E-state index in [-0.39, 0.29) is 11.7 Å². The van der Waals surface area contributed by atoms with E-state index in [1.54, 1.807) is 49.4 Å². The number of aliphatic imine (C=N–C) groups is 1. The summed E-state index contributed by atoms with van der Waals surface area (Å²) in [6, 6.07) is 21.5. The van der Waals surface area contributed by atoms with Crippen molar-refractivity contribution in [2.45, 2.75) is 12.8 Å². The van der Waals surface area contributed by atoms with Gasteiger partial charge in [0.2, 0.25) is 15.9 Å². The summed E-state index contributed by atoms with van der Waals surface area (Å²) in [5, 5.41) is 3.47. The van der Waals surface area contributed by atoms with Crippen LogP contribution >= 0.6 is 11.6 Å². The summed E-state index contributed by atoms with van der Waals surface area (Å²) in [6.45, 7) is 1.57. The number of hydrogen-bond donors (Lipinski definition) is 2. The molecule has 0 saturated carbocycles. The summed E-state index contributed by atoms with van der Waals surface area (Å²) < 4.78 is 26.6. The molecule has 1 atom stereocenters. The molecule has 3 aromatic rings. The molecule has 1 heterocycles. The van der Waals surface area contributed by atoms with Gasteiger partial charge in [0.25, 0.3) is 0 Å². The minimum absolute atomic E-state index is 0.0437. The van der Waals surface area contributed by atoms with Crippen LogP contribution in [0.2, 0.25) is 5.02 Å². The van der Waals surface area contributed by atoms with Gasteiger partial charge in [-0.1, -0.05) is 41.9 Å². The smallest absolute Gasteiger partial charge is 0.238 e. The Kier molecular flexibility index (Phi) is 5.80. The maximum atomic E-state index is 13.0. The van der Waals surface area contributed by atoms with Crippen LogP contribution in [0.3, 0.4) is 0 Å². The highest BCUT2D eigenvalue weighted by Crippen LogP contribution is 2.38. The van der Waals surface area contributed by atoms with Crippen LogP contribution in [0, 0.1) is 0 Å². The van der Waals surface area contributed by atoms with Crippen LogP contribution in [0.5, 0.6) is 0 Å². The van der Waals surface area contributed by atoms with Gasteiger partial charge in [-0.05, 0) is 60.5 Å². The van der Waals surface area contributed by atoms with Crippen molar-refractivity contribution in [1.29, 1.82) is 0 Å². The van der Waals surface area contributed by atoms with E-state index in [0.29, 0.717) is 33.4 Å². The number of benzene rings is 3. The van der Waals surface area contributed by atoms with Gasteiger partial charge in [-0.15, -0.1) is 0 Å². The molecule has 0 spiro atoms. The first kappa shape index (κ1) is 21.1. The van der Waals surface area contributed by atoms with Crippen molar-refractivity contribution in [3.63, 3.8) is 0 Å². The minimum Gasteiger partial charge on any atom is -0.325 e. The summed E-state index contributed by atoms with van der Waals surface area (Å²) >= 11 is 6.00. The van der Waals surface area contributed by atoms with E-state index in [1.807, 2.05) is 30.3 Å². The topological polar surface area (TPSA) is 87.6 Å². The Bertz CT molecular complexity index is 1260. The van der Waals surface area contributed by atoms with Gasteiger partial charge in [0.1, 0.15) is 5.92 Å². The number of nitrogens with one attached hydrogen (secondary N) is 2. The molecule has 0 aliphatic carbocycles. The van der Waals surface area contributed by atoms with Crippen molar-refractivity contribution in [2.75, 3.05) is 15.8 Å². The highest BCUT2D eigenvalue weighted by atomic mass is 35.5. The van der Waals surface area contributed by atoms with Gasteiger partial charge < -0.3 is 5.32 Å². The van der Waals surface area contributed by atoms with Gasteiger partial charge in [-0.3, -0.25) is 14.5 Å². The summed E-state index contributed by atoms with van der Waals surface area (Å²) in [4.78, 5) is 17.8. The number of nitrogens with zero attached hydrogens (tertiary/aromatic N) is 1. The number of anilines is 2. The van der Waals surface area contributed by atoms with Gasteiger partial charge in [0.05, 0.1) is 17.2 Å². The molecule has 31 heavy (non-hydrogen) atoms. The Morgan fingerprint density at radius 3 is 2.45 bits per heavy atom. The van der Waals surface area contributed by atoms with Gasteiger partial charge in [-0.25, -0.2) is 8.42 Å². The zero-order chi connectivity index (χ0) is 22.0. The second-order valence-corrected chi connectivity index (χ2v) is 9.52. The van der Waals surface area contributed by atoms with E-state index in [9.17, 15) is 13.2 Å². The van der Waals surface area contributed by atoms with E-state index in [2.05, 4.69) is 10.0 Å². The lowest BCUT2D eigenvalue weighted by Crippen LogP contribution is -2.22. The maximum absolute atomic E-state index is 13.0. The van der Waals surface area contributed by atoms with Gasteiger partial charge in [0, 0.05) is 16.4 Å². The fourth-order valence-corrected chi connectivity index (χ4v) is 4.16. The van der Waals surface area contributed by atoms with Crippen molar-refractivity contribution < 1.29 is 13.2 Å². The van der Waals surface area contributed by atoms with Crippen LogP contribution in [0.1, 0.15) is 24.0 Å². The normalized spacial score (nSPS) is 16.0. The van der Waals surface area contributed by atoms with E-state index in [0.717, 1.165) is 5.56 Å². The molecule has 1 unspecified atom stereocenters. The second kappa shape index (κ2) is 8.53. The van der Waals surface area contributed by atoms with Crippen molar-refractivity contribution in [3.8, 4) is 0 Å². The fourth-order valence-electron chi connectivity index (χ4n) is 3.41. The zero-order valence-electron chi connectivity index (χ0n) is 16.7. The summed E-state index contributed by atoms with van der Waals surface area (Å²) in [5.74, 6) is -0.959. The van der Waals surface area contributed by atoms with Gasteiger partial charge >= 0.3 is 0 Å². The Morgan fingerprint density at radius 2 is 1.77 bits per heavy atom. The lowest BCUT2D eigenvalue weighted by atomic mass is 9.90. The quantitative estimate of drug-likeness (QED) is 0.517. The van der Waals surface area contributed by atoms with Crippen LogP contribution in [0.4, 0.5) is 17.1 Å². The van der Waals surface area contributed by atoms with Crippen LogP contribution in [-0.2, 0) is 14.8 Å². The molecule has 0 saturated heterocycles. The van der Waals surface area contributed by atoms with E-state index in [1.165, 1.54) is 0 Å². The summed E-state index contributed by atoms with van der Waals surface area (Å²) in [7, 11) is -3.44. The number of rotatable bonds is 6. The Hall–Kier alpha value is -3.16.